The number of hydrogen-bond donors (Lipinski definition) is 1. The molecule has 0 atom stereocenters. The molecule has 11 heavy (non-hydrogen) atoms. The molecule has 0 fully saturated rings. The third kappa shape index (κ3) is 1.37. The lowest BCUT2D eigenvalue weighted by molar-refractivity contribution is -0.269. The Kier molecular flexibility index (Phi) is 1.89. The van der Waals surface area contributed by atoms with Gasteiger partial charge in [-0.2, -0.15) is 0 Å². The Morgan fingerprint density at radius 3 is 2.55 bits per heavy atom. The predicted molar refractivity (Wildman–Crippen MR) is 38.8 cm³/mol. The van der Waals surface area contributed by atoms with Crippen LogP contribution in [0.2, 0.25) is 0 Å². The van der Waals surface area contributed by atoms with Crippen molar-refractivity contribution in [1.82, 2.24) is 0 Å². The van der Waals surface area contributed by atoms with Crippen LogP contribution >= 0.6 is 0 Å². The molecule has 3 nitrogen and oxygen atoms in total. The smallest absolute Gasteiger partial charge is 0.121 e. The van der Waals surface area contributed by atoms with Crippen molar-refractivity contribution in [3.8, 4) is 17.2 Å². The van der Waals surface area contributed by atoms with E-state index in [9.17, 15) is 5.11 Å². The molecule has 0 aliphatic heterocycles. The minimum absolute atomic E-state index is 0.0191. The summed E-state index contributed by atoms with van der Waals surface area (Å²) < 4.78 is 4.77. The van der Waals surface area contributed by atoms with E-state index in [0.717, 1.165) is 0 Å². The maximum atomic E-state index is 11.0. The summed E-state index contributed by atoms with van der Waals surface area (Å²) >= 11 is 0. The molecule has 0 bridgehead atoms. The van der Waals surface area contributed by atoms with Crippen LogP contribution in [0.4, 0.5) is 0 Å². The van der Waals surface area contributed by atoms with Crippen molar-refractivity contribution in [3.05, 3.63) is 17.7 Å². The molecule has 1 aromatic carbocycles. The van der Waals surface area contributed by atoms with Crippen molar-refractivity contribution in [2.24, 2.45) is 0 Å². The Morgan fingerprint density at radius 1 is 1.45 bits per heavy atom. The molecule has 0 saturated heterocycles. The van der Waals surface area contributed by atoms with Gasteiger partial charge in [0, 0.05) is 6.07 Å². The van der Waals surface area contributed by atoms with Crippen LogP contribution in [0.25, 0.3) is 0 Å². The standard InChI is InChI=1S/C8H10O3/c1-5-7(9)3-6(11-2)4-8(5)10/h3-4,9-10H,1-2H3/p-1. The number of aromatic hydroxyl groups is 1. The van der Waals surface area contributed by atoms with E-state index in [1.165, 1.54) is 19.2 Å². The first kappa shape index (κ1) is 7.72. The summed E-state index contributed by atoms with van der Waals surface area (Å²) in [6, 6.07) is 2.76. The first-order chi connectivity index (χ1) is 5.15. The van der Waals surface area contributed by atoms with Crippen LogP contribution in [-0.4, -0.2) is 12.2 Å². The van der Waals surface area contributed by atoms with Crippen molar-refractivity contribution in [3.63, 3.8) is 0 Å². The lowest BCUT2D eigenvalue weighted by Crippen LogP contribution is -1.94. The summed E-state index contributed by atoms with van der Waals surface area (Å²) in [4.78, 5) is 0. The van der Waals surface area contributed by atoms with Crippen molar-refractivity contribution in [2.75, 3.05) is 7.11 Å². The SMILES string of the molecule is COc1cc([O-])c(C)c(O)c1. The average Bonchev–Trinajstić information content (AvgIpc) is 1.99. The fourth-order valence-electron chi connectivity index (χ4n) is 0.766. The molecular formula is C8H9O3-. The second-order valence-electron chi connectivity index (χ2n) is 2.27. The Bertz CT molecular complexity index is 245. The first-order valence-corrected chi connectivity index (χ1v) is 3.19. The molecule has 0 amide bonds. The van der Waals surface area contributed by atoms with Crippen LogP contribution in [-0.2, 0) is 0 Å². The van der Waals surface area contributed by atoms with Gasteiger partial charge in [-0.15, -0.1) is 0 Å². The number of hydrogen-bond acceptors (Lipinski definition) is 3. The Hall–Kier alpha value is -1.38. The summed E-state index contributed by atoms with van der Waals surface area (Å²) in [5.74, 6) is 0.161. The summed E-state index contributed by atoms with van der Waals surface area (Å²) in [6.07, 6.45) is 0. The van der Waals surface area contributed by atoms with Gasteiger partial charge in [-0.25, -0.2) is 0 Å². The minimum atomic E-state index is -0.207. The molecule has 0 radical (unpaired) electrons. The monoisotopic (exact) mass is 153 g/mol. The van der Waals surface area contributed by atoms with Crippen LogP contribution in [0.5, 0.6) is 17.2 Å². The van der Waals surface area contributed by atoms with Crippen molar-refractivity contribution in [2.45, 2.75) is 6.92 Å². The number of phenolic OH excluding ortho intramolecular Hbond substituents is 1. The number of methoxy groups -OCH3 is 1. The van der Waals surface area contributed by atoms with Gasteiger partial charge in [-0.3, -0.25) is 0 Å². The van der Waals surface area contributed by atoms with E-state index in [0.29, 0.717) is 11.3 Å². The van der Waals surface area contributed by atoms with Gasteiger partial charge in [-0.05, 0) is 18.6 Å². The highest BCUT2D eigenvalue weighted by atomic mass is 16.5. The highest BCUT2D eigenvalue weighted by Gasteiger charge is 1.98. The fourth-order valence-corrected chi connectivity index (χ4v) is 0.766. The first-order valence-electron chi connectivity index (χ1n) is 3.19. The highest BCUT2D eigenvalue weighted by Crippen LogP contribution is 2.29. The molecule has 1 aromatic rings. The second-order valence-corrected chi connectivity index (χ2v) is 2.27. The van der Waals surface area contributed by atoms with Gasteiger partial charge in [0.2, 0.25) is 0 Å². The lowest BCUT2D eigenvalue weighted by atomic mass is 10.2. The van der Waals surface area contributed by atoms with Crippen LogP contribution in [0.1, 0.15) is 5.56 Å². The topological polar surface area (TPSA) is 52.5 Å². The van der Waals surface area contributed by atoms with Crippen molar-refractivity contribution < 1.29 is 14.9 Å². The maximum absolute atomic E-state index is 11.0. The van der Waals surface area contributed by atoms with Gasteiger partial charge in [0.15, 0.2) is 0 Å². The Labute approximate surface area is 64.9 Å². The number of ether oxygens (including phenoxy) is 1. The molecule has 60 valence electrons. The van der Waals surface area contributed by atoms with Crippen LogP contribution in [0, 0.1) is 6.92 Å². The molecule has 0 aliphatic rings. The van der Waals surface area contributed by atoms with E-state index < -0.39 is 0 Å². The molecular weight excluding hydrogens is 144 g/mol. The van der Waals surface area contributed by atoms with E-state index in [2.05, 4.69) is 0 Å². The lowest BCUT2D eigenvalue weighted by Gasteiger charge is -2.12. The summed E-state index contributed by atoms with van der Waals surface area (Å²) in [7, 11) is 1.45. The van der Waals surface area contributed by atoms with E-state index in [1.807, 2.05) is 0 Å². The van der Waals surface area contributed by atoms with Gasteiger partial charge in [0.25, 0.3) is 0 Å². The highest BCUT2D eigenvalue weighted by molar-refractivity contribution is 5.47. The number of rotatable bonds is 1. The molecule has 0 unspecified atom stereocenters. The van der Waals surface area contributed by atoms with Crippen LogP contribution in [0.15, 0.2) is 12.1 Å². The largest absolute Gasteiger partial charge is 0.872 e. The molecule has 0 heterocycles. The zero-order valence-corrected chi connectivity index (χ0v) is 6.42. The van der Waals surface area contributed by atoms with Crippen LogP contribution < -0.4 is 9.84 Å². The molecule has 0 aliphatic carbocycles. The third-order valence-corrected chi connectivity index (χ3v) is 1.54. The van der Waals surface area contributed by atoms with E-state index >= 15 is 0 Å². The Balaban J connectivity index is 3.21. The maximum Gasteiger partial charge on any atom is 0.121 e. The van der Waals surface area contributed by atoms with Gasteiger partial charge in [0.1, 0.15) is 11.5 Å². The van der Waals surface area contributed by atoms with Gasteiger partial charge in [-0.1, -0.05) is 5.75 Å². The van der Waals surface area contributed by atoms with Crippen molar-refractivity contribution in [1.29, 1.82) is 0 Å². The summed E-state index contributed by atoms with van der Waals surface area (Å²) in [5.41, 5.74) is 0.353. The van der Waals surface area contributed by atoms with Crippen molar-refractivity contribution >= 4 is 0 Å². The molecule has 1 rings (SSSR count). The Morgan fingerprint density at radius 2 is 2.09 bits per heavy atom. The molecule has 0 spiro atoms. The number of phenols is 1. The van der Waals surface area contributed by atoms with E-state index in [1.54, 1.807) is 6.92 Å². The predicted octanol–water partition coefficient (Wildman–Crippen LogP) is 0.783. The fraction of sp³-hybridized carbons (Fsp3) is 0.250. The minimum Gasteiger partial charge on any atom is -0.872 e. The summed E-state index contributed by atoms with van der Waals surface area (Å²) in [6.45, 7) is 1.57. The van der Waals surface area contributed by atoms with Gasteiger partial charge < -0.3 is 14.9 Å². The molecule has 0 saturated carbocycles. The zero-order chi connectivity index (χ0) is 8.43. The van der Waals surface area contributed by atoms with Gasteiger partial charge >= 0.3 is 0 Å². The molecule has 1 N–H and O–H groups in total. The van der Waals surface area contributed by atoms with Crippen LogP contribution in [0.3, 0.4) is 0 Å². The second kappa shape index (κ2) is 2.70. The summed E-state index contributed by atoms with van der Waals surface area (Å²) in [5, 5.41) is 20.1. The zero-order valence-electron chi connectivity index (χ0n) is 6.42. The van der Waals surface area contributed by atoms with E-state index in [-0.39, 0.29) is 11.5 Å². The molecule has 0 aromatic heterocycles. The van der Waals surface area contributed by atoms with Gasteiger partial charge in [0.05, 0.1) is 7.11 Å². The quantitative estimate of drug-likeness (QED) is 0.648. The third-order valence-electron chi connectivity index (χ3n) is 1.54. The van der Waals surface area contributed by atoms with E-state index in [4.69, 9.17) is 9.84 Å². The average molecular weight is 153 g/mol. The normalized spacial score (nSPS) is 9.64. The number of benzene rings is 1. The molecule has 3 heteroatoms.